The Balaban J connectivity index is -0.000000000833. The van der Waals surface area contributed by atoms with Crippen LogP contribution in [-0.4, -0.2) is 48.9 Å². The van der Waals surface area contributed by atoms with E-state index < -0.39 is 0 Å². The Morgan fingerprint density at radius 3 is 1.50 bits per heavy atom. The average molecular weight is 381 g/mol. The van der Waals surface area contributed by atoms with Gasteiger partial charge in [-0.05, 0) is 0 Å². The zero-order valence-corrected chi connectivity index (χ0v) is 9.14. The minimum atomic E-state index is 0. The molecule has 31 valence electrons. The van der Waals surface area contributed by atoms with E-state index in [4.69, 9.17) is 3.83 Å². The third-order valence-corrected chi connectivity index (χ3v) is 0. The molecule has 0 bridgehead atoms. The van der Waals surface area contributed by atoms with Gasteiger partial charge in [-0.15, -0.1) is 0 Å². The summed E-state index contributed by atoms with van der Waals surface area (Å²) in [7, 11) is 0. The van der Waals surface area contributed by atoms with Gasteiger partial charge in [-0.1, -0.05) is 0 Å². The second-order valence-electron chi connectivity index (χ2n) is 0. The molecule has 0 aliphatic rings. The van der Waals surface area contributed by atoms with Crippen LogP contribution in [-0.2, 0) is 19.8 Å². The van der Waals surface area contributed by atoms with Crippen molar-refractivity contribution in [2.24, 2.45) is 0 Å². The predicted molar refractivity (Wildman–Crippen MR) is 8.66 cm³/mol. The zero-order chi connectivity index (χ0) is 2.00. The van der Waals surface area contributed by atoms with Gasteiger partial charge in [0.05, 0.1) is 0 Å². The van der Waals surface area contributed by atoms with E-state index in [0.717, 1.165) is 0 Å². The van der Waals surface area contributed by atoms with Crippen molar-refractivity contribution in [2.45, 2.75) is 0 Å². The van der Waals surface area contributed by atoms with E-state index in [9.17, 15) is 0 Å². The van der Waals surface area contributed by atoms with E-state index in [0.29, 0.717) is 0 Å². The van der Waals surface area contributed by atoms with Crippen LogP contribution in [0.2, 0.25) is 0 Å². The maximum absolute atomic E-state index is 7.81. The molecule has 0 fully saturated rings. The van der Waals surface area contributed by atoms with Crippen molar-refractivity contribution in [3.63, 3.8) is 0 Å². The first-order valence-corrected chi connectivity index (χ1v) is 0.508. The molecule has 0 aliphatic heterocycles. The monoisotopic (exact) mass is 383 g/mol. The van der Waals surface area contributed by atoms with E-state index >= 15 is 0 Å². The van der Waals surface area contributed by atoms with Gasteiger partial charge in [0.1, 0.15) is 0 Å². The minimum absolute atomic E-state index is 0. The second kappa shape index (κ2) is 16.4. The van der Waals surface area contributed by atoms with Crippen LogP contribution in [0.5, 0.6) is 0 Å². The fraction of sp³-hybridized carbons (Fsp3) is 0. The molecule has 0 unspecified atom stereocenters. The Labute approximate surface area is 107 Å². The molecule has 4 heteroatoms. The first kappa shape index (κ1) is 15.7. The number of hydrogen-bond donors (Lipinski definition) is 0. The molecule has 0 atom stereocenters. The molecule has 1 nitrogen and oxygen atoms in total. The summed E-state index contributed by atoms with van der Waals surface area (Å²) < 4.78 is 7.81. The topological polar surface area (TPSA) is 17.1 Å². The van der Waals surface area contributed by atoms with Gasteiger partial charge in [-0.2, -0.15) is 0 Å². The summed E-state index contributed by atoms with van der Waals surface area (Å²) in [6.45, 7) is 0. The molecule has 0 heterocycles. The van der Waals surface area contributed by atoms with Gasteiger partial charge in [0.15, 0.2) is 0 Å². The van der Waals surface area contributed by atoms with Gasteiger partial charge in [0.2, 0.25) is 0 Å². The van der Waals surface area contributed by atoms with Crippen LogP contribution >= 0.6 is 0 Å². The van der Waals surface area contributed by atoms with Crippen molar-refractivity contribution in [3.05, 3.63) is 0 Å². The summed E-state index contributed by atoms with van der Waals surface area (Å²) in [6.07, 6.45) is 0. The van der Waals surface area contributed by atoms with Crippen molar-refractivity contribution in [1.29, 1.82) is 0 Å². The molecule has 0 spiro atoms. The molecule has 4 heavy (non-hydrogen) atoms. The average Bonchev–Trinajstić information content (AvgIpc) is 1.00. The fourth-order valence-corrected chi connectivity index (χ4v) is 0. The summed E-state index contributed by atoms with van der Waals surface area (Å²) >= 11 is 2.94. The van der Waals surface area contributed by atoms with E-state index in [1.165, 1.54) is 0 Å². The van der Waals surface area contributed by atoms with E-state index in [1.807, 2.05) is 0 Å². The van der Waals surface area contributed by atoms with Crippen LogP contribution in [0.1, 0.15) is 2.85 Å². The molecule has 0 saturated carbocycles. The molecule has 0 aromatic rings. The summed E-state index contributed by atoms with van der Waals surface area (Å²) in [5.74, 6) is 0. The Morgan fingerprint density at radius 2 is 1.50 bits per heavy atom. The summed E-state index contributed by atoms with van der Waals surface area (Å²) in [4.78, 5) is 0. The quantitative estimate of drug-likeness (QED) is 0.528. The summed E-state index contributed by atoms with van der Waals surface area (Å²) in [5, 5.41) is 0. The van der Waals surface area contributed by atoms with Crippen molar-refractivity contribution >= 4 is 48.9 Å². The summed E-state index contributed by atoms with van der Waals surface area (Å²) in [6, 6.07) is 0. The number of rotatable bonds is 0. The Kier molecular flexibility index (Phi) is 64.4. The van der Waals surface area contributed by atoms with Gasteiger partial charge in [-0.25, -0.2) is 0 Å². The van der Waals surface area contributed by atoms with Crippen LogP contribution in [0.15, 0.2) is 0 Å². The number of hydrogen-bond acceptors (Lipinski definition) is 1. The van der Waals surface area contributed by atoms with Gasteiger partial charge >= 0.3 is 68.7 Å². The van der Waals surface area contributed by atoms with E-state index in [1.54, 1.807) is 0 Å². The third-order valence-electron chi connectivity index (χ3n) is 0. The van der Waals surface area contributed by atoms with Crippen molar-refractivity contribution in [1.82, 2.24) is 0 Å². The molecule has 0 aliphatic carbocycles. The van der Waals surface area contributed by atoms with Gasteiger partial charge in [0.25, 0.3) is 0 Å². The van der Waals surface area contributed by atoms with Crippen molar-refractivity contribution in [2.75, 3.05) is 0 Å². The van der Waals surface area contributed by atoms with Gasteiger partial charge in [-0.3, -0.25) is 0 Å². The van der Waals surface area contributed by atoms with E-state index in [2.05, 4.69) is 15.9 Å². The standard InChI is InChI=1S/Ba.Cu.Dy.O.2H/q+2;;;;2*-1. The van der Waals surface area contributed by atoms with Crippen LogP contribution in [0.3, 0.4) is 0 Å². The predicted octanol–water partition coefficient (Wildman–Crippen LogP) is -0.277. The van der Waals surface area contributed by atoms with Crippen LogP contribution < -0.4 is 0 Å². The van der Waals surface area contributed by atoms with Crippen LogP contribution in [0.4, 0.5) is 0 Å². The molecule has 0 aromatic heterocycles. The first-order valence-electron chi connectivity index (χ1n) is 0.123. The van der Waals surface area contributed by atoms with Gasteiger partial charge in [0, 0.05) is 38.2 Å². The fourth-order valence-electron chi connectivity index (χ4n) is 0. The van der Waals surface area contributed by atoms with Crippen LogP contribution in [0, 0.1) is 38.2 Å². The molecule has 0 N–H and O–H groups in total. The van der Waals surface area contributed by atoms with E-state index in [-0.39, 0.29) is 89.9 Å². The molecule has 0 rings (SSSR count). The normalized spacial score (nSPS) is 1.50. The molecule has 0 saturated heterocycles. The van der Waals surface area contributed by atoms with Crippen molar-refractivity contribution in [3.8, 4) is 0 Å². The summed E-state index contributed by atoms with van der Waals surface area (Å²) in [5.41, 5.74) is 0. The van der Waals surface area contributed by atoms with Gasteiger partial charge < -0.3 is 2.85 Å². The zero-order valence-electron chi connectivity index (χ0n) is 3.73. The SMILES string of the molecule is [Ba+2].[Dy].[H-].[H-].[O]=[Cu]. The Hall–Kier alpha value is 3.16. The van der Waals surface area contributed by atoms with Crippen molar-refractivity contribution < 1.29 is 60.8 Å². The first-order chi connectivity index (χ1) is 1.00. The molecular weight excluding hydrogens is 379 g/mol. The molecule has 0 amide bonds. The molecular formula is H2BaCuDyO. The molecule has 0 aromatic carbocycles. The second-order valence-corrected chi connectivity index (χ2v) is 0. The Bertz CT molecular complexity index is 13.5. The van der Waals surface area contributed by atoms with Crippen LogP contribution in [0.25, 0.3) is 0 Å². The third kappa shape index (κ3) is 8.94. The Morgan fingerprint density at radius 1 is 1.50 bits per heavy atom. The maximum atomic E-state index is 7.81. The molecule has 0 radical (unpaired) electrons.